The highest BCUT2D eigenvalue weighted by Gasteiger charge is 2.48. The topological polar surface area (TPSA) is 47.1 Å². The van der Waals surface area contributed by atoms with Crippen molar-refractivity contribution in [2.75, 3.05) is 7.11 Å². The van der Waals surface area contributed by atoms with Crippen LogP contribution in [0.5, 0.6) is 11.5 Å². The molecular weight excluding hydrogens is 336 g/mol. The number of rotatable bonds is 4. The van der Waals surface area contributed by atoms with Crippen LogP contribution in [0.4, 0.5) is 0 Å². The Morgan fingerprint density at radius 3 is 2.78 bits per heavy atom. The zero-order chi connectivity index (χ0) is 19.4. The molecule has 1 aliphatic heterocycles. The van der Waals surface area contributed by atoms with Gasteiger partial charge in [0.05, 0.1) is 13.3 Å². The minimum absolute atomic E-state index is 0.102. The minimum atomic E-state index is -0.217. The molecule has 2 atom stereocenters. The van der Waals surface area contributed by atoms with Gasteiger partial charge < -0.3 is 9.47 Å². The smallest absolute Gasteiger partial charge is 0.127 e. The Hall–Kier alpha value is -1.97. The van der Waals surface area contributed by atoms with Crippen LogP contribution in [-0.4, -0.2) is 22.9 Å². The number of ether oxygens (including phenoxy) is 2. The third-order valence-corrected chi connectivity index (χ3v) is 6.77. The second kappa shape index (κ2) is 6.29. The van der Waals surface area contributed by atoms with Gasteiger partial charge in [0, 0.05) is 23.1 Å². The molecule has 27 heavy (non-hydrogen) atoms. The molecule has 4 nitrogen and oxygen atoms in total. The van der Waals surface area contributed by atoms with Gasteiger partial charge >= 0.3 is 0 Å². The molecule has 0 fully saturated rings. The molecule has 2 heterocycles. The maximum absolute atomic E-state index is 6.63. The van der Waals surface area contributed by atoms with Gasteiger partial charge in [0.1, 0.15) is 17.1 Å². The number of benzene rings is 1. The Kier molecular flexibility index (Phi) is 4.28. The average molecular weight is 369 g/mol. The van der Waals surface area contributed by atoms with Crippen molar-refractivity contribution >= 4 is 0 Å². The maximum atomic E-state index is 6.63. The number of nitrogens with zero attached hydrogens (tertiary/aromatic N) is 1. The molecule has 0 spiro atoms. The molecule has 0 saturated heterocycles. The van der Waals surface area contributed by atoms with Crippen molar-refractivity contribution < 1.29 is 9.47 Å². The number of methoxy groups -OCH3 is 1. The molecular formula is C23H32N2O2. The molecule has 4 heteroatoms. The Balaban J connectivity index is 1.85. The van der Waals surface area contributed by atoms with Crippen molar-refractivity contribution in [1.82, 2.24) is 10.2 Å². The van der Waals surface area contributed by atoms with E-state index in [1.165, 1.54) is 22.4 Å². The van der Waals surface area contributed by atoms with Gasteiger partial charge in [-0.15, -0.1) is 0 Å². The van der Waals surface area contributed by atoms with Crippen molar-refractivity contribution in [1.29, 1.82) is 0 Å². The van der Waals surface area contributed by atoms with Gasteiger partial charge in [0.25, 0.3) is 0 Å². The molecule has 4 rings (SSSR count). The number of H-pyrrole nitrogens is 1. The second-order valence-electron chi connectivity index (χ2n) is 9.42. The first kappa shape index (κ1) is 18.4. The van der Waals surface area contributed by atoms with Crippen molar-refractivity contribution in [2.45, 2.75) is 77.2 Å². The van der Waals surface area contributed by atoms with Crippen molar-refractivity contribution in [2.24, 2.45) is 5.92 Å². The average Bonchev–Trinajstić information content (AvgIpc) is 3.06. The monoisotopic (exact) mass is 368 g/mol. The molecule has 2 aliphatic rings. The lowest BCUT2D eigenvalue weighted by atomic mass is 9.66. The van der Waals surface area contributed by atoms with E-state index in [0.717, 1.165) is 37.2 Å². The van der Waals surface area contributed by atoms with E-state index < -0.39 is 0 Å². The molecule has 0 amide bonds. The number of hydrogen-bond acceptors (Lipinski definition) is 3. The number of nitrogens with one attached hydrogen (secondary N) is 1. The highest BCUT2D eigenvalue weighted by Crippen LogP contribution is 2.54. The summed E-state index contributed by atoms with van der Waals surface area (Å²) in [7, 11) is 1.78. The summed E-state index contributed by atoms with van der Waals surface area (Å²) in [5, 5.41) is 7.48. The highest BCUT2D eigenvalue weighted by molar-refractivity contribution is 5.55. The number of fused-ring (bicyclic) bond motifs is 4. The van der Waals surface area contributed by atoms with Gasteiger partial charge in [-0.3, -0.25) is 5.10 Å². The molecule has 0 saturated carbocycles. The number of hydrogen-bond donors (Lipinski definition) is 1. The molecule has 1 aliphatic carbocycles. The van der Waals surface area contributed by atoms with E-state index in [1.807, 2.05) is 6.20 Å². The van der Waals surface area contributed by atoms with E-state index in [1.54, 1.807) is 7.11 Å². The van der Waals surface area contributed by atoms with E-state index in [4.69, 9.17) is 9.47 Å². The van der Waals surface area contributed by atoms with Crippen LogP contribution in [0.15, 0.2) is 18.3 Å². The fourth-order valence-electron chi connectivity index (χ4n) is 5.20. The Morgan fingerprint density at radius 2 is 2.07 bits per heavy atom. The molecule has 0 unspecified atom stereocenters. The Morgan fingerprint density at radius 1 is 1.30 bits per heavy atom. The quantitative estimate of drug-likeness (QED) is 0.810. The van der Waals surface area contributed by atoms with Crippen LogP contribution in [0, 0.1) is 5.92 Å². The molecule has 146 valence electrons. The molecule has 1 N–H and O–H groups in total. The first-order valence-electron chi connectivity index (χ1n) is 10.2. The summed E-state index contributed by atoms with van der Waals surface area (Å²) >= 11 is 0. The summed E-state index contributed by atoms with van der Waals surface area (Å²) in [6.07, 6.45) is 6.24. The second-order valence-corrected chi connectivity index (χ2v) is 9.42. The summed E-state index contributed by atoms with van der Waals surface area (Å²) in [5.41, 5.74) is 5.01. The first-order valence-corrected chi connectivity index (χ1v) is 10.2. The molecule has 0 radical (unpaired) electrons. The van der Waals surface area contributed by atoms with Crippen LogP contribution in [-0.2, 0) is 18.3 Å². The predicted octanol–water partition coefficient (Wildman–Crippen LogP) is 5.17. The van der Waals surface area contributed by atoms with Gasteiger partial charge in [0.2, 0.25) is 0 Å². The molecule has 1 aromatic heterocycles. The lowest BCUT2D eigenvalue weighted by Gasteiger charge is -2.47. The molecule has 2 aromatic rings. The summed E-state index contributed by atoms with van der Waals surface area (Å²) in [6.45, 7) is 11.3. The largest absolute Gasteiger partial charge is 0.496 e. The predicted molar refractivity (Wildman–Crippen MR) is 108 cm³/mol. The van der Waals surface area contributed by atoms with E-state index in [9.17, 15) is 0 Å². The fourth-order valence-corrected chi connectivity index (χ4v) is 5.20. The first-order chi connectivity index (χ1) is 12.8. The minimum Gasteiger partial charge on any atom is -0.496 e. The molecule has 1 aromatic carbocycles. The van der Waals surface area contributed by atoms with Crippen molar-refractivity contribution in [3.05, 3.63) is 40.7 Å². The third kappa shape index (κ3) is 2.94. The van der Waals surface area contributed by atoms with E-state index in [-0.39, 0.29) is 11.0 Å². The lowest BCUT2D eigenvalue weighted by molar-refractivity contribution is 0.00534. The maximum Gasteiger partial charge on any atom is 0.127 e. The molecule has 0 bridgehead atoms. The van der Waals surface area contributed by atoms with Crippen molar-refractivity contribution in [3.63, 3.8) is 0 Å². The summed E-state index contributed by atoms with van der Waals surface area (Å²) < 4.78 is 12.5. The number of aromatic nitrogens is 2. The Labute approximate surface area is 162 Å². The van der Waals surface area contributed by atoms with Gasteiger partial charge in [-0.25, -0.2) is 0 Å². The lowest BCUT2D eigenvalue weighted by Crippen LogP contribution is -2.48. The van der Waals surface area contributed by atoms with Crippen LogP contribution in [0.3, 0.4) is 0 Å². The van der Waals surface area contributed by atoms with Crippen molar-refractivity contribution in [3.8, 4) is 11.5 Å². The van der Waals surface area contributed by atoms with Crippen LogP contribution in [0.25, 0.3) is 0 Å². The van der Waals surface area contributed by atoms with E-state index in [0.29, 0.717) is 11.8 Å². The van der Waals surface area contributed by atoms with Gasteiger partial charge in [-0.05, 0) is 61.8 Å². The van der Waals surface area contributed by atoms with E-state index >= 15 is 0 Å². The summed E-state index contributed by atoms with van der Waals surface area (Å²) in [4.78, 5) is 0. The van der Waals surface area contributed by atoms with Crippen LogP contribution in [0.2, 0.25) is 0 Å². The zero-order valence-corrected chi connectivity index (χ0v) is 17.5. The van der Waals surface area contributed by atoms with Crippen LogP contribution >= 0.6 is 0 Å². The van der Waals surface area contributed by atoms with Gasteiger partial charge in [0.15, 0.2) is 0 Å². The van der Waals surface area contributed by atoms with Crippen LogP contribution < -0.4 is 9.47 Å². The Bertz CT molecular complexity index is 850. The fraction of sp³-hybridized carbons (Fsp3) is 0.609. The highest BCUT2D eigenvalue weighted by atomic mass is 16.5. The standard InChI is InChI=1S/C23H32N2O2/c1-7-8-22(2,3)15-10-19(26-6)21-16-12-18-14(13-24-25-18)9-17(16)23(4,5)27-20(21)11-15/h10-11,13,16-17H,7-9,12H2,1-6H3,(H,24,25)/t16-,17-/m1/s1. The normalized spacial score (nSPS) is 23.0. The van der Waals surface area contributed by atoms with Gasteiger partial charge in [-0.2, -0.15) is 5.10 Å². The SMILES string of the molecule is CCCC(C)(C)c1cc(OC)c2c(c1)OC(C)(C)[C@@H]1Cc3cn[nH]c3C[C@@H]21. The third-order valence-electron chi connectivity index (χ3n) is 6.77. The zero-order valence-electron chi connectivity index (χ0n) is 17.5. The van der Waals surface area contributed by atoms with E-state index in [2.05, 4.69) is 56.9 Å². The summed E-state index contributed by atoms with van der Waals surface area (Å²) in [5.74, 6) is 2.77. The van der Waals surface area contributed by atoms with Crippen LogP contribution in [0.1, 0.15) is 75.8 Å². The number of aromatic amines is 1. The summed E-state index contributed by atoms with van der Waals surface area (Å²) in [6, 6.07) is 4.52. The van der Waals surface area contributed by atoms with Gasteiger partial charge in [-0.1, -0.05) is 27.2 Å².